The maximum atomic E-state index is 13.9. The molecule has 1 unspecified atom stereocenters. The number of halogens is 3. The Balaban J connectivity index is 2.27. The quantitative estimate of drug-likeness (QED) is 0.845. The molecule has 1 atom stereocenters. The Morgan fingerprint density at radius 2 is 2.05 bits per heavy atom. The molecule has 0 aliphatic carbocycles. The Morgan fingerprint density at radius 1 is 1.32 bits per heavy atom. The topological polar surface area (TPSA) is 30.9 Å². The van der Waals surface area contributed by atoms with Gasteiger partial charge < -0.3 is 10.3 Å². The Kier molecular flexibility index (Phi) is 4.37. The number of nitrogens with two attached hydrogens (primary N) is 1. The van der Waals surface area contributed by atoms with Gasteiger partial charge in [-0.05, 0) is 46.1 Å². The summed E-state index contributed by atoms with van der Waals surface area (Å²) in [7, 11) is 0. The van der Waals surface area contributed by atoms with Crippen LogP contribution in [0.1, 0.15) is 30.5 Å². The van der Waals surface area contributed by atoms with E-state index in [4.69, 9.17) is 5.73 Å². The Labute approximate surface area is 119 Å². The third-order valence-corrected chi connectivity index (χ3v) is 3.73. The summed E-state index contributed by atoms with van der Waals surface area (Å²) in [6, 6.07) is 4.45. The Morgan fingerprint density at radius 3 is 2.74 bits per heavy atom. The third kappa shape index (κ3) is 3.04. The number of aromatic nitrogens is 1. The van der Waals surface area contributed by atoms with Crippen LogP contribution in [-0.2, 0) is 6.54 Å². The molecular weight excluding hydrogens is 314 g/mol. The van der Waals surface area contributed by atoms with Gasteiger partial charge in [0.25, 0.3) is 0 Å². The van der Waals surface area contributed by atoms with Gasteiger partial charge in [0.2, 0.25) is 0 Å². The molecule has 0 saturated heterocycles. The monoisotopic (exact) mass is 328 g/mol. The smallest absolute Gasteiger partial charge is 0.145 e. The number of nitrogens with zero attached hydrogens (tertiary/aromatic N) is 1. The second-order valence-corrected chi connectivity index (χ2v) is 5.31. The molecule has 102 valence electrons. The lowest BCUT2D eigenvalue weighted by Crippen LogP contribution is -2.08. The van der Waals surface area contributed by atoms with Gasteiger partial charge in [-0.3, -0.25) is 0 Å². The van der Waals surface area contributed by atoms with E-state index in [-0.39, 0.29) is 22.6 Å². The van der Waals surface area contributed by atoms with E-state index in [1.165, 1.54) is 12.1 Å². The van der Waals surface area contributed by atoms with E-state index in [1.807, 2.05) is 19.2 Å². The van der Waals surface area contributed by atoms with E-state index < -0.39 is 11.6 Å². The van der Waals surface area contributed by atoms with Gasteiger partial charge in [-0.15, -0.1) is 0 Å². The highest BCUT2D eigenvalue weighted by molar-refractivity contribution is 9.10. The van der Waals surface area contributed by atoms with Gasteiger partial charge in [0.15, 0.2) is 0 Å². The molecular formula is C14H15BrF2N2. The van der Waals surface area contributed by atoms with Gasteiger partial charge in [-0.25, -0.2) is 8.78 Å². The molecule has 0 radical (unpaired) electrons. The molecule has 2 rings (SSSR count). The zero-order valence-electron chi connectivity index (χ0n) is 10.5. The van der Waals surface area contributed by atoms with Gasteiger partial charge in [0.05, 0.1) is 11.0 Å². The second kappa shape index (κ2) is 5.84. The van der Waals surface area contributed by atoms with Crippen molar-refractivity contribution in [3.8, 4) is 0 Å². The van der Waals surface area contributed by atoms with Crippen molar-refractivity contribution in [3.05, 3.63) is 57.8 Å². The average molecular weight is 329 g/mol. The minimum Gasteiger partial charge on any atom is -0.349 e. The van der Waals surface area contributed by atoms with Gasteiger partial charge in [-0.2, -0.15) is 0 Å². The first-order valence-electron chi connectivity index (χ1n) is 6.06. The summed E-state index contributed by atoms with van der Waals surface area (Å²) >= 11 is 3.06. The first kappa shape index (κ1) is 14.2. The molecule has 1 aromatic heterocycles. The summed E-state index contributed by atoms with van der Waals surface area (Å²) in [4.78, 5) is 0. The largest absolute Gasteiger partial charge is 0.349 e. The fraction of sp³-hybridized carbons (Fsp3) is 0.286. The molecule has 0 bridgehead atoms. The van der Waals surface area contributed by atoms with Crippen molar-refractivity contribution in [2.24, 2.45) is 5.73 Å². The first-order chi connectivity index (χ1) is 9.02. The molecule has 0 aliphatic rings. The molecule has 2 aromatic rings. The van der Waals surface area contributed by atoms with Crippen LogP contribution in [0.25, 0.3) is 0 Å². The molecule has 0 amide bonds. The Bertz CT molecular complexity index is 581. The fourth-order valence-corrected chi connectivity index (χ4v) is 2.28. The number of hydrogen-bond acceptors (Lipinski definition) is 1. The van der Waals surface area contributed by atoms with Crippen LogP contribution in [0.15, 0.2) is 35.1 Å². The van der Waals surface area contributed by atoms with Crippen molar-refractivity contribution in [2.75, 3.05) is 0 Å². The maximum absolute atomic E-state index is 13.9. The molecule has 19 heavy (non-hydrogen) atoms. The van der Waals surface area contributed by atoms with E-state index in [0.717, 1.165) is 12.0 Å². The fourth-order valence-electron chi connectivity index (χ4n) is 1.91. The zero-order valence-corrected chi connectivity index (χ0v) is 12.1. The third-order valence-electron chi connectivity index (χ3n) is 3.12. The van der Waals surface area contributed by atoms with Gasteiger partial charge in [0, 0.05) is 24.0 Å². The van der Waals surface area contributed by atoms with E-state index in [2.05, 4.69) is 15.9 Å². The summed E-state index contributed by atoms with van der Waals surface area (Å²) in [6.45, 7) is 2.14. The average Bonchev–Trinajstić information content (AvgIpc) is 2.87. The van der Waals surface area contributed by atoms with Crippen LogP contribution in [0.2, 0.25) is 0 Å². The molecule has 0 aliphatic heterocycles. The predicted molar refractivity (Wildman–Crippen MR) is 74.8 cm³/mol. The van der Waals surface area contributed by atoms with Crippen molar-refractivity contribution in [3.63, 3.8) is 0 Å². The van der Waals surface area contributed by atoms with Gasteiger partial charge >= 0.3 is 0 Å². The van der Waals surface area contributed by atoms with Crippen LogP contribution in [0.3, 0.4) is 0 Å². The standard InChI is InChI=1S/C14H15BrF2N2/c1-2-13(18)9-5-6-19(7-9)8-10-12(16)4-3-11(15)14(10)17/h3-7,13H,2,8,18H2,1H3. The highest BCUT2D eigenvalue weighted by Gasteiger charge is 2.13. The number of benzene rings is 1. The van der Waals surface area contributed by atoms with Crippen molar-refractivity contribution in [2.45, 2.75) is 25.9 Å². The predicted octanol–water partition coefficient (Wildman–Crippen LogP) is 3.99. The molecule has 5 heteroatoms. The minimum atomic E-state index is -0.560. The SMILES string of the molecule is CCC(N)c1ccn(Cc2c(F)ccc(Br)c2F)c1. The Hall–Kier alpha value is -1.20. The lowest BCUT2D eigenvalue weighted by atomic mass is 10.1. The van der Waals surface area contributed by atoms with Crippen LogP contribution in [0, 0.1) is 11.6 Å². The molecule has 0 spiro atoms. The molecule has 2 N–H and O–H groups in total. The van der Waals surface area contributed by atoms with Crippen LogP contribution in [-0.4, -0.2) is 4.57 Å². The van der Waals surface area contributed by atoms with E-state index >= 15 is 0 Å². The highest BCUT2D eigenvalue weighted by atomic mass is 79.9. The normalized spacial score (nSPS) is 12.7. The first-order valence-corrected chi connectivity index (χ1v) is 6.85. The molecule has 0 fully saturated rings. The van der Waals surface area contributed by atoms with Gasteiger partial charge in [-0.1, -0.05) is 6.92 Å². The maximum Gasteiger partial charge on any atom is 0.145 e. The summed E-state index contributed by atoms with van der Waals surface area (Å²) in [5, 5.41) is 0. The van der Waals surface area contributed by atoms with Crippen LogP contribution in [0.4, 0.5) is 8.78 Å². The van der Waals surface area contributed by atoms with E-state index in [9.17, 15) is 8.78 Å². The van der Waals surface area contributed by atoms with Crippen LogP contribution >= 0.6 is 15.9 Å². The van der Waals surface area contributed by atoms with Crippen molar-refractivity contribution < 1.29 is 8.78 Å². The van der Waals surface area contributed by atoms with Crippen molar-refractivity contribution in [1.82, 2.24) is 4.57 Å². The van der Waals surface area contributed by atoms with Crippen LogP contribution in [0.5, 0.6) is 0 Å². The lowest BCUT2D eigenvalue weighted by Gasteiger charge is -2.08. The summed E-state index contributed by atoms with van der Waals surface area (Å²) < 4.78 is 29.5. The lowest BCUT2D eigenvalue weighted by molar-refractivity contribution is 0.540. The molecule has 1 aromatic carbocycles. The summed E-state index contributed by atoms with van der Waals surface area (Å²) in [5.74, 6) is -1.11. The zero-order chi connectivity index (χ0) is 14.0. The van der Waals surface area contributed by atoms with Crippen LogP contribution < -0.4 is 5.73 Å². The minimum absolute atomic E-state index is 0.0431. The molecule has 2 nitrogen and oxygen atoms in total. The summed E-state index contributed by atoms with van der Waals surface area (Å²) in [5.41, 5.74) is 6.93. The molecule has 1 heterocycles. The molecule has 0 saturated carbocycles. The highest BCUT2D eigenvalue weighted by Crippen LogP contribution is 2.23. The second-order valence-electron chi connectivity index (χ2n) is 4.45. The van der Waals surface area contributed by atoms with Crippen molar-refractivity contribution >= 4 is 15.9 Å². The van der Waals surface area contributed by atoms with E-state index in [0.29, 0.717) is 0 Å². The van der Waals surface area contributed by atoms with Gasteiger partial charge in [0.1, 0.15) is 11.6 Å². The summed E-state index contributed by atoms with van der Waals surface area (Å²) in [6.07, 6.45) is 4.43. The number of hydrogen-bond donors (Lipinski definition) is 1. The number of rotatable bonds is 4. The van der Waals surface area contributed by atoms with E-state index in [1.54, 1.807) is 10.8 Å². The van der Waals surface area contributed by atoms with Crippen molar-refractivity contribution in [1.29, 1.82) is 0 Å².